The number of hydrogen-bond acceptors (Lipinski definition) is 6. The van der Waals surface area contributed by atoms with Crippen LogP contribution in [0.25, 0.3) is 0 Å². The summed E-state index contributed by atoms with van der Waals surface area (Å²) in [7, 11) is 0. The molecule has 8 rings (SSSR count). The second-order valence-corrected chi connectivity index (χ2v) is 20.9. The third-order valence-electron chi connectivity index (χ3n) is 12.9. The minimum Gasteiger partial charge on any atom is -0.287 e. The van der Waals surface area contributed by atoms with Gasteiger partial charge < -0.3 is 0 Å². The van der Waals surface area contributed by atoms with Gasteiger partial charge in [0.25, 0.3) is 11.4 Å². The van der Waals surface area contributed by atoms with Crippen molar-refractivity contribution in [2.24, 2.45) is 23.7 Å². The molecular weight excluding hydrogens is 1010 g/mol. The number of hydrogen-bond donors (Lipinski definition) is 0. The van der Waals surface area contributed by atoms with E-state index < -0.39 is 21.6 Å². The zero-order valence-corrected chi connectivity index (χ0v) is 44.2. The first-order valence-electron chi connectivity index (χ1n) is 25.2. The van der Waals surface area contributed by atoms with Crippen molar-refractivity contribution in [3.05, 3.63) is 142 Å². The molecule has 0 aromatic heterocycles. The molecular formula is C59H60Cl3F3N2O5S. The number of carbonyl (C=O) groups excluding carboxylic acids is 1. The van der Waals surface area contributed by atoms with Gasteiger partial charge >= 0.3 is 6.18 Å². The predicted molar refractivity (Wildman–Crippen MR) is 289 cm³/mol. The van der Waals surface area contributed by atoms with Crippen molar-refractivity contribution in [2.75, 3.05) is 0 Å². The van der Waals surface area contributed by atoms with Crippen molar-refractivity contribution < 1.29 is 27.8 Å². The number of rotatable bonds is 3. The third kappa shape index (κ3) is 20.1. The summed E-state index contributed by atoms with van der Waals surface area (Å²) >= 11 is 19.2. The van der Waals surface area contributed by atoms with Crippen LogP contribution < -0.4 is 0 Å². The van der Waals surface area contributed by atoms with Crippen molar-refractivity contribution in [1.82, 2.24) is 0 Å². The average molecular weight is 1070 g/mol. The van der Waals surface area contributed by atoms with Crippen LogP contribution in [-0.4, -0.2) is 15.0 Å². The van der Waals surface area contributed by atoms with Crippen LogP contribution in [0.15, 0.2) is 83.8 Å². The topological polar surface area (TPSA) is 103 Å². The highest BCUT2D eigenvalue weighted by atomic mass is 35.5. The minimum atomic E-state index is -4.42. The number of thioether (sulfide) groups is 1. The highest BCUT2D eigenvalue weighted by molar-refractivity contribution is 8.13. The van der Waals surface area contributed by atoms with Gasteiger partial charge in [0.15, 0.2) is 10.7 Å². The molecule has 0 aliphatic heterocycles. The van der Waals surface area contributed by atoms with Crippen molar-refractivity contribution in [2.45, 2.75) is 146 Å². The summed E-state index contributed by atoms with van der Waals surface area (Å²) in [5.74, 6) is 25.8. The van der Waals surface area contributed by atoms with E-state index in [2.05, 4.69) is 47.4 Å². The largest absolute Gasteiger partial charge is 0.417 e. The summed E-state index contributed by atoms with van der Waals surface area (Å²) in [5, 5.41) is 23.4. The van der Waals surface area contributed by atoms with Crippen molar-refractivity contribution >= 4 is 63.1 Å². The molecule has 4 aliphatic carbocycles. The van der Waals surface area contributed by atoms with E-state index in [1.54, 1.807) is 6.92 Å². The predicted octanol–water partition coefficient (Wildman–Crippen LogP) is 17.9. The van der Waals surface area contributed by atoms with E-state index in [-0.39, 0.29) is 44.5 Å². The summed E-state index contributed by atoms with van der Waals surface area (Å²) in [6.45, 7) is 1.59. The van der Waals surface area contributed by atoms with Gasteiger partial charge in [-0.2, -0.15) is 13.2 Å². The van der Waals surface area contributed by atoms with E-state index in [0.717, 1.165) is 73.5 Å². The zero-order valence-electron chi connectivity index (χ0n) is 41.1. The first-order valence-corrected chi connectivity index (χ1v) is 27.1. The molecule has 0 atom stereocenters. The zero-order chi connectivity index (χ0) is 52.6. The number of halogens is 6. The van der Waals surface area contributed by atoms with Crippen molar-refractivity contribution in [1.29, 1.82) is 0 Å². The Labute approximate surface area is 447 Å². The van der Waals surface area contributed by atoms with Gasteiger partial charge in [-0.3, -0.25) is 25.0 Å². The van der Waals surface area contributed by atoms with E-state index in [1.807, 2.05) is 42.5 Å². The van der Waals surface area contributed by atoms with Gasteiger partial charge in [0.05, 0.1) is 41.6 Å². The molecule has 7 nitrogen and oxygen atoms in total. The van der Waals surface area contributed by atoms with Gasteiger partial charge in [-0.05, 0) is 93.8 Å². The van der Waals surface area contributed by atoms with Crippen LogP contribution in [0.1, 0.15) is 163 Å². The molecule has 4 saturated carbocycles. The maximum absolute atomic E-state index is 12.9. The van der Waals surface area contributed by atoms with Crippen LogP contribution >= 0.6 is 46.6 Å². The van der Waals surface area contributed by atoms with Gasteiger partial charge in [0.1, 0.15) is 0 Å². The Morgan fingerprint density at radius 3 is 1.27 bits per heavy atom. The van der Waals surface area contributed by atoms with Gasteiger partial charge in [0.2, 0.25) is 0 Å². The number of nitro benzene ring substituents is 2. The number of nitrogens with zero attached hydrogens (tertiary/aromatic N) is 2. The Hall–Kier alpha value is -5.40. The molecule has 0 N–H and O–H groups in total. The van der Waals surface area contributed by atoms with Crippen LogP contribution in [0.2, 0.25) is 15.1 Å². The molecule has 0 heterocycles. The van der Waals surface area contributed by atoms with Crippen LogP contribution in [0.4, 0.5) is 24.5 Å². The Bertz CT molecular complexity index is 2720. The summed E-state index contributed by atoms with van der Waals surface area (Å²) in [6, 6.07) is 21.0. The lowest BCUT2D eigenvalue weighted by atomic mass is 9.89. The normalized spacial score (nSPS) is 16.1. The summed E-state index contributed by atoms with van der Waals surface area (Å²) in [6.07, 6.45) is 19.0. The van der Waals surface area contributed by atoms with E-state index >= 15 is 0 Å². The lowest BCUT2D eigenvalue weighted by molar-refractivity contribution is -0.394. The first kappa shape index (κ1) is 58.5. The van der Waals surface area contributed by atoms with Crippen molar-refractivity contribution in [3.8, 4) is 47.4 Å². The fourth-order valence-electron chi connectivity index (χ4n) is 8.97. The second-order valence-electron chi connectivity index (χ2n) is 18.4. The maximum Gasteiger partial charge on any atom is 0.417 e. The molecule has 14 heteroatoms. The van der Waals surface area contributed by atoms with Crippen LogP contribution in [0.5, 0.6) is 0 Å². The summed E-state index contributed by atoms with van der Waals surface area (Å²) in [5.41, 5.74) is 0.225. The number of benzene rings is 4. The molecule has 0 saturated heterocycles. The summed E-state index contributed by atoms with van der Waals surface area (Å²) in [4.78, 5) is 32.8. The van der Waals surface area contributed by atoms with Gasteiger partial charge in [-0.25, -0.2) is 0 Å². The molecule has 0 bridgehead atoms. The molecule has 0 unspecified atom stereocenters. The quantitative estimate of drug-likeness (QED) is 0.0876. The smallest absolute Gasteiger partial charge is 0.287 e. The van der Waals surface area contributed by atoms with E-state index in [1.165, 1.54) is 119 Å². The summed E-state index contributed by atoms with van der Waals surface area (Å²) < 4.78 is 38.6. The van der Waals surface area contributed by atoms with Crippen LogP contribution in [0, 0.1) is 91.3 Å². The fourth-order valence-corrected chi connectivity index (χ4v) is 10.4. The first-order chi connectivity index (χ1) is 35.1. The second kappa shape index (κ2) is 30.7. The van der Waals surface area contributed by atoms with Crippen molar-refractivity contribution in [3.63, 3.8) is 0 Å². The van der Waals surface area contributed by atoms with E-state index in [4.69, 9.17) is 34.8 Å². The Morgan fingerprint density at radius 1 is 0.507 bits per heavy atom. The highest BCUT2D eigenvalue weighted by Gasteiger charge is 2.34. The average Bonchev–Trinajstić information content (AvgIpc) is 3.38. The lowest BCUT2D eigenvalue weighted by Crippen LogP contribution is -2.08. The lowest BCUT2D eigenvalue weighted by Gasteiger charge is -2.16. The maximum atomic E-state index is 12.9. The molecule has 73 heavy (non-hydrogen) atoms. The molecule has 384 valence electrons. The van der Waals surface area contributed by atoms with Gasteiger partial charge in [-0.15, -0.1) is 0 Å². The molecule has 0 radical (unpaired) electrons. The number of nitro groups is 2. The van der Waals surface area contributed by atoms with Crippen LogP contribution in [0.3, 0.4) is 0 Å². The standard InChI is InChI=1S/C16H18OS.C15H14ClF3.C14H14Cl2.C14H14N2O4/c1-13(17)18-16-10-6-5-9-15(16)12-11-14-7-3-2-4-8-14;16-14-8-4-7-13(15(17,18)19)12(14)10-9-11-5-2-1-3-6-11;15-13-7-4-8-14(16)12(13)10-9-11-5-2-1-3-6-11;17-15(18)13-7-4-8-14(16(19)20)12(13)10-9-11-5-2-1-3-6-11/h5-6,9-10,14H,2-4,7-8H2,1H3;4,7-8,11H,1-3,5-6H2;4,7-8,11H,1-3,5-6H2;4,7-8,11H,1-3,5-6H2. The molecule has 4 fully saturated rings. The Kier molecular flexibility index (Phi) is 24.6. The van der Waals surface area contributed by atoms with Gasteiger partial charge in [0, 0.05) is 53.2 Å². The number of carbonyl (C=O) groups is 1. The third-order valence-corrected chi connectivity index (χ3v) is 14.7. The minimum absolute atomic E-state index is 0.0677. The molecule has 0 spiro atoms. The SMILES string of the molecule is CC(=O)Sc1ccccc1C#CC1CCCCC1.Clc1cccc(Cl)c1C#CC1CCCCC1.FC(F)(F)c1cccc(Cl)c1C#CC1CCCCC1.O=[N+]([O-])c1cccc([N+](=O)[O-])c1C#CC1CCCCC1. The molecule has 4 aliphatic rings. The molecule has 0 amide bonds. The van der Waals surface area contributed by atoms with E-state index in [9.17, 15) is 38.2 Å². The molecule has 4 aromatic rings. The Morgan fingerprint density at radius 2 is 0.863 bits per heavy atom. The number of alkyl halides is 3. The van der Waals surface area contributed by atoms with Gasteiger partial charge in [-0.1, -0.05) is 195 Å². The van der Waals surface area contributed by atoms with Crippen LogP contribution in [-0.2, 0) is 11.0 Å². The van der Waals surface area contributed by atoms with E-state index in [0.29, 0.717) is 21.9 Å². The Balaban J connectivity index is 0.000000181. The molecule has 4 aromatic carbocycles. The highest BCUT2D eigenvalue weighted by Crippen LogP contribution is 2.35. The fraction of sp³-hybridized carbons (Fsp3) is 0.441. The monoisotopic (exact) mass is 1070 g/mol.